The molecule has 1 saturated carbocycles. The van der Waals surface area contributed by atoms with Crippen LogP contribution in [0.4, 0.5) is 0 Å². The van der Waals surface area contributed by atoms with Crippen molar-refractivity contribution in [2.24, 2.45) is 17.6 Å². The molecule has 0 saturated heterocycles. The summed E-state index contributed by atoms with van der Waals surface area (Å²) in [6.45, 7) is 4.63. The van der Waals surface area contributed by atoms with Crippen LogP contribution in [0, 0.1) is 11.8 Å². The first-order valence-corrected chi connectivity index (χ1v) is 9.04. The Labute approximate surface area is 130 Å². The summed E-state index contributed by atoms with van der Waals surface area (Å²) in [5, 5.41) is 0. The van der Waals surface area contributed by atoms with Crippen LogP contribution < -0.4 is 5.73 Å². The quantitative estimate of drug-likeness (QED) is 0.835. The van der Waals surface area contributed by atoms with Gasteiger partial charge in [0.05, 0.1) is 0 Å². The zero-order valence-corrected chi connectivity index (χ0v) is 13.8. The van der Waals surface area contributed by atoms with E-state index < -0.39 is 0 Å². The van der Waals surface area contributed by atoms with Crippen molar-refractivity contribution in [3.05, 3.63) is 34.9 Å². The van der Waals surface area contributed by atoms with Crippen molar-refractivity contribution in [3.63, 3.8) is 0 Å². The van der Waals surface area contributed by atoms with Gasteiger partial charge in [0.25, 0.3) is 0 Å². The summed E-state index contributed by atoms with van der Waals surface area (Å²) in [6.07, 6.45) is 11.9. The van der Waals surface area contributed by atoms with Crippen molar-refractivity contribution < 1.29 is 0 Å². The summed E-state index contributed by atoms with van der Waals surface area (Å²) in [6, 6.07) is 7.13. The summed E-state index contributed by atoms with van der Waals surface area (Å²) in [5.74, 6) is 1.46. The lowest BCUT2D eigenvalue weighted by molar-refractivity contribution is 0.138. The maximum atomic E-state index is 6.91. The zero-order valence-electron chi connectivity index (χ0n) is 13.8. The van der Waals surface area contributed by atoms with E-state index in [1.165, 1.54) is 63.4 Å². The molecular weight excluding hydrogens is 254 g/mol. The maximum Gasteiger partial charge on any atom is 0.0412 e. The number of rotatable bonds is 3. The molecule has 0 aliphatic heterocycles. The molecule has 2 N–H and O–H groups in total. The lowest BCUT2D eigenvalue weighted by atomic mass is 9.66. The summed E-state index contributed by atoms with van der Waals surface area (Å²) in [5.41, 5.74) is 11.3. The lowest BCUT2D eigenvalue weighted by Crippen LogP contribution is -2.46. The van der Waals surface area contributed by atoms with Crippen LogP contribution in [0.5, 0.6) is 0 Å². The molecule has 0 spiro atoms. The molecule has 3 rings (SSSR count). The third kappa shape index (κ3) is 2.90. The van der Waals surface area contributed by atoms with E-state index in [0.717, 1.165) is 5.92 Å². The molecule has 116 valence electrons. The first-order valence-electron chi connectivity index (χ1n) is 9.04. The third-order valence-electron chi connectivity index (χ3n) is 6.17. The minimum absolute atomic E-state index is 0.159. The fourth-order valence-corrected chi connectivity index (χ4v) is 4.77. The van der Waals surface area contributed by atoms with Crippen LogP contribution in [0.15, 0.2) is 18.2 Å². The van der Waals surface area contributed by atoms with Crippen LogP contribution >= 0.6 is 0 Å². The van der Waals surface area contributed by atoms with E-state index in [2.05, 4.69) is 32.0 Å². The van der Waals surface area contributed by atoms with Gasteiger partial charge in [0.1, 0.15) is 0 Å². The molecule has 1 heteroatoms. The second kappa shape index (κ2) is 6.12. The van der Waals surface area contributed by atoms with E-state index >= 15 is 0 Å². The molecule has 1 fully saturated rings. The standard InChI is InChI=1S/C20H31N/c1-3-15-8-6-7-11-19(15)20(2,21)18-13-12-16-9-4-5-10-17(16)14-18/h12-15,19H,3-11,21H2,1-2H3. The molecule has 21 heavy (non-hydrogen) atoms. The van der Waals surface area contributed by atoms with Gasteiger partial charge < -0.3 is 5.73 Å². The number of hydrogen-bond donors (Lipinski definition) is 1. The van der Waals surface area contributed by atoms with Gasteiger partial charge in [-0.15, -0.1) is 0 Å². The molecule has 0 heterocycles. The summed E-state index contributed by atoms with van der Waals surface area (Å²) < 4.78 is 0. The van der Waals surface area contributed by atoms with Crippen molar-refractivity contribution in [3.8, 4) is 0 Å². The molecular formula is C20H31N. The predicted octanol–water partition coefficient (Wildman–Crippen LogP) is 4.96. The molecule has 3 atom stereocenters. The topological polar surface area (TPSA) is 26.0 Å². The molecule has 2 aliphatic rings. The Bertz CT molecular complexity index is 489. The van der Waals surface area contributed by atoms with Gasteiger partial charge in [0.2, 0.25) is 0 Å². The first-order chi connectivity index (χ1) is 10.1. The molecule has 1 nitrogen and oxygen atoms in total. The van der Waals surface area contributed by atoms with E-state index in [1.54, 1.807) is 11.1 Å². The van der Waals surface area contributed by atoms with Gasteiger partial charge in [-0.25, -0.2) is 0 Å². The molecule has 2 aliphatic carbocycles. The Hall–Kier alpha value is -0.820. The van der Waals surface area contributed by atoms with Crippen molar-refractivity contribution in [1.29, 1.82) is 0 Å². The molecule has 0 bridgehead atoms. The highest BCUT2D eigenvalue weighted by Crippen LogP contribution is 2.43. The van der Waals surface area contributed by atoms with Crippen molar-refractivity contribution in [1.82, 2.24) is 0 Å². The van der Waals surface area contributed by atoms with Gasteiger partial charge in [0.15, 0.2) is 0 Å². The lowest BCUT2D eigenvalue weighted by Gasteiger charge is -2.43. The Kier molecular flexibility index (Phi) is 4.40. The van der Waals surface area contributed by atoms with E-state index in [1.807, 2.05) is 0 Å². The monoisotopic (exact) mass is 285 g/mol. The highest BCUT2D eigenvalue weighted by atomic mass is 14.8. The van der Waals surface area contributed by atoms with Crippen LogP contribution in [0.3, 0.4) is 0 Å². The summed E-state index contributed by atoms with van der Waals surface area (Å²) >= 11 is 0. The molecule has 0 radical (unpaired) electrons. The number of fused-ring (bicyclic) bond motifs is 1. The molecule has 3 unspecified atom stereocenters. The smallest absolute Gasteiger partial charge is 0.0412 e. The Morgan fingerprint density at radius 3 is 2.52 bits per heavy atom. The normalized spacial score (nSPS) is 28.7. The van der Waals surface area contributed by atoms with Crippen molar-refractivity contribution in [2.75, 3.05) is 0 Å². The zero-order chi connectivity index (χ0) is 14.9. The van der Waals surface area contributed by atoms with Crippen LogP contribution in [0.1, 0.15) is 75.5 Å². The number of nitrogens with two attached hydrogens (primary N) is 1. The maximum absolute atomic E-state index is 6.91. The second-order valence-corrected chi connectivity index (χ2v) is 7.53. The highest BCUT2D eigenvalue weighted by Gasteiger charge is 2.38. The minimum Gasteiger partial charge on any atom is -0.321 e. The number of benzene rings is 1. The molecule has 0 aromatic heterocycles. The van der Waals surface area contributed by atoms with E-state index in [4.69, 9.17) is 5.73 Å². The van der Waals surface area contributed by atoms with Gasteiger partial charge in [-0.2, -0.15) is 0 Å². The fraction of sp³-hybridized carbons (Fsp3) is 0.700. The van der Waals surface area contributed by atoms with Gasteiger partial charge in [-0.3, -0.25) is 0 Å². The van der Waals surface area contributed by atoms with Gasteiger partial charge in [0, 0.05) is 5.54 Å². The van der Waals surface area contributed by atoms with Crippen molar-refractivity contribution in [2.45, 2.75) is 77.2 Å². The Morgan fingerprint density at radius 1 is 1.05 bits per heavy atom. The van der Waals surface area contributed by atoms with Crippen LogP contribution in [0.2, 0.25) is 0 Å². The van der Waals surface area contributed by atoms with Gasteiger partial charge in [-0.1, -0.05) is 50.8 Å². The van der Waals surface area contributed by atoms with Crippen LogP contribution in [0.25, 0.3) is 0 Å². The van der Waals surface area contributed by atoms with Crippen molar-refractivity contribution >= 4 is 0 Å². The SMILES string of the molecule is CCC1CCCCC1C(C)(N)c1ccc2c(c1)CCCC2. The number of hydrogen-bond acceptors (Lipinski definition) is 1. The third-order valence-corrected chi connectivity index (χ3v) is 6.17. The summed E-state index contributed by atoms with van der Waals surface area (Å²) in [4.78, 5) is 0. The highest BCUT2D eigenvalue weighted by molar-refractivity contribution is 5.37. The molecule has 1 aromatic carbocycles. The largest absolute Gasteiger partial charge is 0.321 e. The predicted molar refractivity (Wildman–Crippen MR) is 90.4 cm³/mol. The van der Waals surface area contributed by atoms with E-state index in [9.17, 15) is 0 Å². The van der Waals surface area contributed by atoms with Gasteiger partial charge in [-0.05, 0) is 67.6 Å². The average molecular weight is 285 g/mol. The first kappa shape index (κ1) is 15.1. The van der Waals surface area contributed by atoms with Crippen LogP contribution in [-0.2, 0) is 18.4 Å². The second-order valence-electron chi connectivity index (χ2n) is 7.53. The Morgan fingerprint density at radius 2 is 1.76 bits per heavy atom. The minimum atomic E-state index is -0.159. The Balaban J connectivity index is 1.89. The number of aryl methyl sites for hydroxylation is 2. The van der Waals surface area contributed by atoms with E-state index in [0.29, 0.717) is 5.92 Å². The fourth-order valence-electron chi connectivity index (χ4n) is 4.77. The van der Waals surface area contributed by atoms with Gasteiger partial charge >= 0.3 is 0 Å². The average Bonchev–Trinajstić information content (AvgIpc) is 2.54. The van der Waals surface area contributed by atoms with Crippen LogP contribution in [-0.4, -0.2) is 0 Å². The molecule has 1 aromatic rings. The molecule has 0 amide bonds. The van der Waals surface area contributed by atoms with E-state index in [-0.39, 0.29) is 5.54 Å². The summed E-state index contributed by atoms with van der Waals surface area (Å²) in [7, 11) is 0.